The number of fused-ring (bicyclic) bond motifs is 2. The van der Waals surface area contributed by atoms with Crippen LogP contribution in [-0.4, -0.2) is 45.6 Å². The molecule has 192 valence electrons. The van der Waals surface area contributed by atoms with Crippen molar-refractivity contribution in [1.29, 1.82) is 0 Å². The third kappa shape index (κ3) is 5.33. The van der Waals surface area contributed by atoms with Crippen molar-refractivity contribution in [2.75, 3.05) is 19.8 Å². The quantitative estimate of drug-likeness (QED) is 0.197. The fourth-order valence-corrected chi connectivity index (χ4v) is 4.26. The van der Waals surface area contributed by atoms with Crippen molar-refractivity contribution in [3.8, 4) is 0 Å². The van der Waals surface area contributed by atoms with Gasteiger partial charge in [0.05, 0.1) is 22.6 Å². The first kappa shape index (κ1) is 26.2. The lowest BCUT2D eigenvalue weighted by Gasteiger charge is -2.15. The molecule has 4 aromatic rings. The molecule has 3 aromatic heterocycles. The Hall–Kier alpha value is -3.82. The van der Waals surface area contributed by atoms with E-state index < -0.39 is 11.9 Å². The van der Waals surface area contributed by atoms with Gasteiger partial charge in [0.1, 0.15) is 16.9 Å². The van der Waals surface area contributed by atoms with Gasteiger partial charge in [0.15, 0.2) is 5.49 Å². The lowest BCUT2D eigenvalue weighted by Crippen LogP contribution is -2.33. The summed E-state index contributed by atoms with van der Waals surface area (Å²) < 4.78 is 13.8. The number of pyridine rings is 2. The predicted octanol–water partition coefficient (Wildman–Crippen LogP) is 3.96. The van der Waals surface area contributed by atoms with Crippen LogP contribution >= 0.6 is 11.6 Å². The number of carbonyl (C=O) groups is 2. The molecule has 4 rings (SSSR count). The summed E-state index contributed by atoms with van der Waals surface area (Å²) in [6, 6.07) is 11.5. The highest BCUT2D eigenvalue weighted by Gasteiger charge is 2.21. The predicted molar refractivity (Wildman–Crippen MR) is 140 cm³/mol. The van der Waals surface area contributed by atoms with E-state index >= 15 is 0 Å². The second-order valence-corrected chi connectivity index (χ2v) is 8.65. The van der Waals surface area contributed by atoms with Gasteiger partial charge in [-0.1, -0.05) is 29.8 Å². The van der Waals surface area contributed by atoms with Gasteiger partial charge in [-0.3, -0.25) is 14.0 Å². The monoisotopic (exact) mass is 522 g/mol. The summed E-state index contributed by atoms with van der Waals surface area (Å²) in [7, 11) is 0. The molecule has 0 fully saturated rings. The molecule has 1 amide bonds. The SMILES string of the molecule is CCOCCCn1c(=NC(=O)c2ccccc2Cl)c(C(=O)OCC)cc2c(=O)n3cccc(C)c3nc21. The Kier molecular flexibility index (Phi) is 8.15. The van der Waals surface area contributed by atoms with Crippen molar-refractivity contribution < 1.29 is 19.1 Å². The van der Waals surface area contributed by atoms with E-state index in [2.05, 4.69) is 4.99 Å². The zero-order valence-electron chi connectivity index (χ0n) is 20.9. The van der Waals surface area contributed by atoms with Crippen LogP contribution in [0.15, 0.2) is 58.4 Å². The van der Waals surface area contributed by atoms with Gasteiger partial charge in [-0.25, -0.2) is 9.78 Å². The molecular formula is C27H27ClN4O5. The molecule has 0 radical (unpaired) electrons. The van der Waals surface area contributed by atoms with Gasteiger partial charge in [0.25, 0.3) is 11.5 Å². The number of benzene rings is 1. The minimum Gasteiger partial charge on any atom is -0.462 e. The summed E-state index contributed by atoms with van der Waals surface area (Å²) in [5.74, 6) is -1.34. The number of halogens is 1. The number of nitrogens with zero attached hydrogens (tertiary/aromatic N) is 4. The van der Waals surface area contributed by atoms with Gasteiger partial charge in [0, 0.05) is 26.0 Å². The number of aryl methyl sites for hydroxylation is 2. The average molecular weight is 523 g/mol. The number of esters is 1. The Balaban J connectivity index is 2.10. The summed E-state index contributed by atoms with van der Waals surface area (Å²) in [6.07, 6.45) is 2.15. The zero-order valence-corrected chi connectivity index (χ0v) is 21.6. The molecule has 3 heterocycles. The first-order chi connectivity index (χ1) is 17.9. The molecule has 0 atom stereocenters. The first-order valence-corrected chi connectivity index (χ1v) is 12.4. The van der Waals surface area contributed by atoms with E-state index in [-0.39, 0.29) is 45.7 Å². The van der Waals surface area contributed by atoms with Gasteiger partial charge < -0.3 is 14.0 Å². The summed E-state index contributed by atoms with van der Waals surface area (Å²) in [5, 5.41) is 0.433. The molecule has 9 nitrogen and oxygen atoms in total. The van der Waals surface area contributed by atoms with E-state index in [4.69, 9.17) is 26.1 Å². The fraction of sp³-hybridized carbons (Fsp3) is 0.296. The molecule has 0 aliphatic carbocycles. The van der Waals surface area contributed by atoms with Crippen LogP contribution in [0.5, 0.6) is 0 Å². The van der Waals surface area contributed by atoms with Gasteiger partial charge in [0.2, 0.25) is 0 Å². The molecule has 0 spiro atoms. The van der Waals surface area contributed by atoms with Crippen molar-refractivity contribution in [3.05, 3.63) is 86.2 Å². The van der Waals surface area contributed by atoms with E-state index in [1.807, 2.05) is 19.9 Å². The number of amides is 1. The molecule has 10 heteroatoms. The topological polar surface area (TPSA) is 104 Å². The van der Waals surface area contributed by atoms with Gasteiger partial charge >= 0.3 is 5.97 Å². The number of rotatable bonds is 8. The third-order valence-corrected chi connectivity index (χ3v) is 6.12. The molecule has 0 saturated heterocycles. The molecule has 0 saturated carbocycles. The maximum atomic E-state index is 13.5. The lowest BCUT2D eigenvalue weighted by molar-refractivity contribution is 0.0523. The maximum absolute atomic E-state index is 13.5. The number of hydrogen-bond acceptors (Lipinski definition) is 6. The van der Waals surface area contributed by atoms with Crippen LogP contribution in [0.2, 0.25) is 5.02 Å². The normalized spacial score (nSPS) is 11.8. The van der Waals surface area contributed by atoms with E-state index in [0.29, 0.717) is 30.9 Å². The van der Waals surface area contributed by atoms with Crippen molar-refractivity contribution in [2.24, 2.45) is 4.99 Å². The van der Waals surface area contributed by atoms with Crippen LogP contribution in [0.4, 0.5) is 0 Å². The van der Waals surface area contributed by atoms with Crippen molar-refractivity contribution in [2.45, 2.75) is 33.7 Å². The van der Waals surface area contributed by atoms with E-state index in [1.165, 1.54) is 10.5 Å². The lowest BCUT2D eigenvalue weighted by atomic mass is 10.2. The van der Waals surface area contributed by atoms with Crippen LogP contribution < -0.4 is 11.0 Å². The van der Waals surface area contributed by atoms with Crippen molar-refractivity contribution in [1.82, 2.24) is 14.0 Å². The Labute approximate surface area is 218 Å². The molecule has 1 aromatic carbocycles. The third-order valence-electron chi connectivity index (χ3n) is 5.79. The highest BCUT2D eigenvalue weighted by atomic mass is 35.5. The van der Waals surface area contributed by atoms with Crippen LogP contribution in [0.25, 0.3) is 16.7 Å². The number of aromatic nitrogens is 3. The Morgan fingerprint density at radius 2 is 1.84 bits per heavy atom. The van der Waals surface area contributed by atoms with Gasteiger partial charge in [-0.2, -0.15) is 4.99 Å². The van der Waals surface area contributed by atoms with E-state index in [1.54, 1.807) is 48.0 Å². The zero-order chi connectivity index (χ0) is 26.5. The fourth-order valence-electron chi connectivity index (χ4n) is 4.04. The smallest absolute Gasteiger partial charge is 0.341 e. The summed E-state index contributed by atoms with van der Waals surface area (Å²) in [4.78, 5) is 48.9. The molecule has 0 aliphatic rings. The Morgan fingerprint density at radius 3 is 2.57 bits per heavy atom. The second-order valence-electron chi connectivity index (χ2n) is 8.24. The van der Waals surface area contributed by atoms with Gasteiger partial charge in [-0.15, -0.1) is 0 Å². The number of carbonyl (C=O) groups excluding carboxylic acids is 2. The van der Waals surface area contributed by atoms with E-state index in [9.17, 15) is 14.4 Å². The molecule has 0 aliphatic heterocycles. The number of ether oxygens (including phenoxy) is 2. The maximum Gasteiger partial charge on any atom is 0.341 e. The summed E-state index contributed by atoms with van der Waals surface area (Å²) in [5.41, 5.74) is 1.41. The van der Waals surface area contributed by atoms with Crippen LogP contribution in [0.1, 0.15) is 46.5 Å². The Morgan fingerprint density at radius 1 is 1.05 bits per heavy atom. The average Bonchev–Trinajstić information content (AvgIpc) is 2.88. The summed E-state index contributed by atoms with van der Waals surface area (Å²) >= 11 is 6.24. The first-order valence-electron chi connectivity index (χ1n) is 12.0. The van der Waals surface area contributed by atoms with Crippen molar-refractivity contribution in [3.63, 3.8) is 0 Å². The molecule has 37 heavy (non-hydrogen) atoms. The molecular weight excluding hydrogens is 496 g/mol. The highest BCUT2D eigenvalue weighted by molar-refractivity contribution is 6.33. The molecule has 0 unspecified atom stereocenters. The van der Waals surface area contributed by atoms with Crippen LogP contribution in [-0.2, 0) is 16.0 Å². The largest absolute Gasteiger partial charge is 0.462 e. The molecule has 0 bridgehead atoms. The van der Waals surface area contributed by atoms with Gasteiger partial charge in [-0.05, 0) is 57.0 Å². The van der Waals surface area contributed by atoms with E-state index in [0.717, 1.165) is 5.56 Å². The standard InChI is InChI=1S/C27H27ClN4O5/c1-4-36-15-9-14-31-23-19(26(34)32-13-8-10-17(3)22(32)29-23)16-20(27(35)37-5-2)24(31)30-25(33)18-11-6-7-12-21(18)28/h6-8,10-13,16H,4-5,9,14-15H2,1-3H3. The van der Waals surface area contributed by atoms with Crippen molar-refractivity contribution >= 4 is 40.2 Å². The second kappa shape index (κ2) is 11.5. The Bertz CT molecular complexity index is 1620. The summed E-state index contributed by atoms with van der Waals surface area (Å²) in [6.45, 7) is 6.78. The minimum atomic E-state index is -0.706. The molecule has 0 N–H and O–H groups in total. The van der Waals surface area contributed by atoms with Crippen LogP contribution in [0.3, 0.4) is 0 Å². The minimum absolute atomic E-state index is 0.0160. The van der Waals surface area contributed by atoms with Crippen LogP contribution in [0, 0.1) is 6.92 Å². The number of hydrogen-bond donors (Lipinski definition) is 0. The highest BCUT2D eigenvalue weighted by Crippen LogP contribution is 2.17.